The maximum atomic E-state index is 12.3. The van der Waals surface area contributed by atoms with E-state index < -0.39 is 0 Å². The summed E-state index contributed by atoms with van der Waals surface area (Å²) in [5, 5.41) is 2.98. The van der Waals surface area contributed by atoms with Gasteiger partial charge >= 0.3 is 6.09 Å². The highest BCUT2D eigenvalue weighted by Crippen LogP contribution is 2.13. The number of ether oxygens (including phenoxy) is 1. The first-order valence-corrected chi connectivity index (χ1v) is 8.84. The van der Waals surface area contributed by atoms with E-state index in [9.17, 15) is 9.59 Å². The van der Waals surface area contributed by atoms with E-state index in [0.29, 0.717) is 45.8 Å². The molecule has 0 unspecified atom stereocenters. The quantitative estimate of drug-likeness (QED) is 0.830. The van der Waals surface area contributed by atoms with Crippen molar-refractivity contribution in [2.45, 2.75) is 26.2 Å². The van der Waals surface area contributed by atoms with E-state index in [1.54, 1.807) is 28.1 Å². The van der Waals surface area contributed by atoms with Gasteiger partial charge in [0.2, 0.25) is 5.91 Å². The standard InChI is InChI=1S/C15H24N4O3S/c1-2-22-15(21)19-8-6-18(7-9-19)14(20)10-12-11-23-13(17-12)4-3-5-16/h11H,2-10,16H2,1H3. The molecule has 1 saturated heterocycles. The van der Waals surface area contributed by atoms with Crippen molar-refractivity contribution in [3.05, 3.63) is 16.1 Å². The zero-order valence-electron chi connectivity index (χ0n) is 13.5. The molecule has 2 heterocycles. The molecule has 8 heteroatoms. The number of carbonyl (C=O) groups is 2. The minimum atomic E-state index is -0.302. The largest absolute Gasteiger partial charge is 0.450 e. The molecule has 23 heavy (non-hydrogen) atoms. The molecule has 2 rings (SSSR count). The Kier molecular flexibility index (Phi) is 6.79. The Hall–Kier alpha value is -1.67. The highest BCUT2D eigenvalue weighted by Gasteiger charge is 2.25. The van der Waals surface area contributed by atoms with Gasteiger partial charge in [-0.25, -0.2) is 9.78 Å². The van der Waals surface area contributed by atoms with Crippen LogP contribution in [0.15, 0.2) is 5.38 Å². The molecule has 2 N–H and O–H groups in total. The maximum Gasteiger partial charge on any atom is 0.409 e. The molecule has 1 aromatic rings. The van der Waals surface area contributed by atoms with Crippen molar-refractivity contribution >= 4 is 23.3 Å². The second-order valence-corrected chi connectivity index (χ2v) is 6.31. The summed E-state index contributed by atoms with van der Waals surface area (Å²) < 4.78 is 4.97. The minimum Gasteiger partial charge on any atom is -0.450 e. The van der Waals surface area contributed by atoms with Crippen LogP contribution in [0.25, 0.3) is 0 Å². The van der Waals surface area contributed by atoms with Crippen LogP contribution in [-0.2, 0) is 22.4 Å². The molecule has 0 bridgehead atoms. The lowest BCUT2D eigenvalue weighted by Crippen LogP contribution is -2.51. The number of nitrogens with two attached hydrogens (primary N) is 1. The predicted molar refractivity (Wildman–Crippen MR) is 88.4 cm³/mol. The van der Waals surface area contributed by atoms with Gasteiger partial charge in [0.1, 0.15) is 0 Å². The van der Waals surface area contributed by atoms with Crippen LogP contribution in [0.5, 0.6) is 0 Å². The monoisotopic (exact) mass is 340 g/mol. The SMILES string of the molecule is CCOC(=O)N1CCN(C(=O)Cc2csc(CCCN)n2)CC1. The first kappa shape index (κ1) is 17.7. The van der Waals surface area contributed by atoms with Gasteiger partial charge in [0.15, 0.2) is 0 Å². The highest BCUT2D eigenvalue weighted by atomic mass is 32.1. The molecule has 1 aliphatic heterocycles. The molecule has 0 radical (unpaired) electrons. The van der Waals surface area contributed by atoms with Gasteiger partial charge in [-0.15, -0.1) is 11.3 Å². The summed E-state index contributed by atoms with van der Waals surface area (Å²) in [5.41, 5.74) is 6.31. The lowest BCUT2D eigenvalue weighted by atomic mass is 10.2. The summed E-state index contributed by atoms with van der Waals surface area (Å²) in [6, 6.07) is 0. The third kappa shape index (κ3) is 5.18. The molecule has 0 aliphatic carbocycles. The summed E-state index contributed by atoms with van der Waals surface area (Å²) in [7, 11) is 0. The smallest absolute Gasteiger partial charge is 0.409 e. The molecule has 0 atom stereocenters. The van der Waals surface area contributed by atoms with Crippen LogP contribution >= 0.6 is 11.3 Å². The molecular formula is C15H24N4O3S. The Morgan fingerprint density at radius 2 is 2.00 bits per heavy atom. The molecule has 0 aromatic carbocycles. The van der Waals surface area contributed by atoms with Gasteiger partial charge in [0.25, 0.3) is 0 Å². The third-order valence-electron chi connectivity index (χ3n) is 3.68. The van der Waals surface area contributed by atoms with Gasteiger partial charge in [0.05, 0.1) is 23.7 Å². The minimum absolute atomic E-state index is 0.0594. The van der Waals surface area contributed by atoms with Crippen LogP contribution in [0.1, 0.15) is 24.0 Å². The molecule has 0 saturated carbocycles. The van der Waals surface area contributed by atoms with Crippen LogP contribution < -0.4 is 5.73 Å². The average Bonchev–Trinajstić information content (AvgIpc) is 3.00. The lowest BCUT2D eigenvalue weighted by molar-refractivity contribution is -0.132. The number of nitrogens with zero attached hydrogens (tertiary/aromatic N) is 3. The molecular weight excluding hydrogens is 316 g/mol. The van der Waals surface area contributed by atoms with Gasteiger partial charge in [-0.1, -0.05) is 0 Å². The number of amides is 2. The summed E-state index contributed by atoms with van der Waals surface area (Å²) >= 11 is 1.58. The fraction of sp³-hybridized carbons (Fsp3) is 0.667. The van der Waals surface area contributed by atoms with Gasteiger partial charge < -0.3 is 20.3 Å². The number of aryl methyl sites for hydroxylation is 1. The number of piperazine rings is 1. The van der Waals surface area contributed by atoms with E-state index in [2.05, 4.69) is 4.98 Å². The van der Waals surface area contributed by atoms with Crippen LogP contribution in [0, 0.1) is 0 Å². The van der Waals surface area contributed by atoms with Crippen LogP contribution in [-0.4, -0.2) is 66.1 Å². The fourth-order valence-electron chi connectivity index (χ4n) is 2.42. The van der Waals surface area contributed by atoms with Crippen molar-refractivity contribution in [3.63, 3.8) is 0 Å². The molecule has 2 amide bonds. The summed E-state index contributed by atoms with van der Waals surface area (Å²) in [4.78, 5) is 31.9. The number of hydrogen-bond acceptors (Lipinski definition) is 6. The Morgan fingerprint density at radius 1 is 1.30 bits per heavy atom. The van der Waals surface area contributed by atoms with E-state index in [1.807, 2.05) is 5.38 Å². The average molecular weight is 340 g/mol. The highest BCUT2D eigenvalue weighted by molar-refractivity contribution is 7.09. The molecule has 128 valence electrons. The fourth-order valence-corrected chi connectivity index (χ4v) is 3.26. The van der Waals surface area contributed by atoms with E-state index in [-0.39, 0.29) is 12.0 Å². The second kappa shape index (κ2) is 8.83. The van der Waals surface area contributed by atoms with Gasteiger partial charge in [0, 0.05) is 38.0 Å². The van der Waals surface area contributed by atoms with Crippen LogP contribution in [0.2, 0.25) is 0 Å². The van der Waals surface area contributed by atoms with E-state index in [4.69, 9.17) is 10.5 Å². The van der Waals surface area contributed by atoms with Crippen molar-refractivity contribution in [2.75, 3.05) is 39.3 Å². The Balaban J connectivity index is 1.78. The number of carbonyl (C=O) groups excluding carboxylic acids is 2. The van der Waals surface area contributed by atoms with Gasteiger partial charge in [-0.05, 0) is 19.9 Å². The van der Waals surface area contributed by atoms with Gasteiger partial charge in [-0.3, -0.25) is 4.79 Å². The number of hydrogen-bond donors (Lipinski definition) is 1. The van der Waals surface area contributed by atoms with Crippen molar-refractivity contribution < 1.29 is 14.3 Å². The Bertz CT molecular complexity index is 527. The zero-order valence-corrected chi connectivity index (χ0v) is 14.3. The van der Waals surface area contributed by atoms with E-state index >= 15 is 0 Å². The Morgan fingerprint density at radius 3 is 2.65 bits per heavy atom. The summed E-state index contributed by atoms with van der Waals surface area (Å²) in [6.45, 7) is 4.93. The molecule has 1 fully saturated rings. The van der Waals surface area contributed by atoms with E-state index in [1.165, 1.54) is 0 Å². The normalized spacial score (nSPS) is 14.9. The summed E-state index contributed by atoms with van der Waals surface area (Å²) in [5.74, 6) is 0.0594. The second-order valence-electron chi connectivity index (χ2n) is 5.37. The van der Waals surface area contributed by atoms with Crippen LogP contribution in [0.3, 0.4) is 0 Å². The molecule has 1 aliphatic rings. The number of rotatable bonds is 6. The van der Waals surface area contributed by atoms with Crippen molar-refractivity contribution in [1.29, 1.82) is 0 Å². The van der Waals surface area contributed by atoms with Gasteiger partial charge in [-0.2, -0.15) is 0 Å². The third-order valence-corrected chi connectivity index (χ3v) is 4.64. The lowest BCUT2D eigenvalue weighted by Gasteiger charge is -2.34. The van der Waals surface area contributed by atoms with Crippen molar-refractivity contribution in [2.24, 2.45) is 5.73 Å². The maximum absolute atomic E-state index is 12.3. The van der Waals surface area contributed by atoms with Crippen LogP contribution in [0.4, 0.5) is 4.79 Å². The first-order valence-electron chi connectivity index (χ1n) is 7.96. The van der Waals surface area contributed by atoms with Crippen molar-refractivity contribution in [3.8, 4) is 0 Å². The predicted octanol–water partition coefficient (Wildman–Crippen LogP) is 0.878. The van der Waals surface area contributed by atoms with E-state index in [0.717, 1.165) is 23.5 Å². The first-order chi connectivity index (χ1) is 11.1. The van der Waals surface area contributed by atoms with Crippen molar-refractivity contribution in [1.82, 2.24) is 14.8 Å². The molecule has 0 spiro atoms. The molecule has 1 aromatic heterocycles. The molecule has 7 nitrogen and oxygen atoms in total. The topological polar surface area (TPSA) is 88.8 Å². The number of thiazole rings is 1. The summed E-state index contributed by atoms with van der Waals surface area (Å²) in [6.07, 6.45) is 1.80. The number of aromatic nitrogens is 1. The zero-order chi connectivity index (χ0) is 16.7. The Labute approximate surface area is 140 Å².